The largest absolute Gasteiger partial charge is 0.377 e. The number of fused-ring (bicyclic) bond motifs is 1. The molecule has 4 N–H and O–H groups in total. The van der Waals surface area contributed by atoms with E-state index in [1.54, 1.807) is 11.0 Å². The molecule has 3 aliphatic rings. The number of benzene rings is 1. The lowest BCUT2D eigenvalue weighted by molar-refractivity contribution is -0.131. The molecule has 2 aliphatic heterocycles. The predicted molar refractivity (Wildman–Crippen MR) is 123 cm³/mol. The lowest BCUT2D eigenvalue weighted by atomic mass is 9.77. The van der Waals surface area contributed by atoms with Crippen molar-refractivity contribution in [2.45, 2.75) is 54.7 Å². The maximum absolute atomic E-state index is 13.2. The quantitative estimate of drug-likeness (QED) is 0.216. The molecule has 1 aromatic rings. The molecule has 33 heavy (non-hydrogen) atoms. The first-order chi connectivity index (χ1) is 15.6. The standard InChI is InChI=1S/C22H25F2IN4O4/c23-22(24,25)21(32)28-18(26)12-4-5-13-10-29(20(31)16(13)9-12)14-3-1-2-11(8-14)17-15(19(27)30)6-7-33-17/h4-5,9,11,14-15,17H,1-3,6-8,10H2,(H2,27,30)(H2,26,28,32). The molecule has 4 atom stereocenters. The zero-order valence-electron chi connectivity index (χ0n) is 17.8. The van der Waals surface area contributed by atoms with Crippen LogP contribution in [0.25, 0.3) is 0 Å². The minimum atomic E-state index is -3.64. The summed E-state index contributed by atoms with van der Waals surface area (Å²) in [5, 5.41) is 9.82. The molecule has 1 aromatic carbocycles. The molecule has 0 bridgehead atoms. The summed E-state index contributed by atoms with van der Waals surface area (Å²) in [7, 11) is 0. The first-order valence-corrected chi connectivity index (χ1v) is 12.0. The van der Waals surface area contributed by atoms with Crippen molar-refractivity contribution < 1.29 is 27.9 Å². The molecule has 4 rings (SSSR count). The minimum Gasteiger partial charge on any atom is -0.377 e. The third-order valence-electron chi connectivity index (χ3n) is 6.82. The number of nitrogens with one attached hydrogen (secondary N) is 2. The van der Waals surface area contributed by atoms with Crippen LogP contribution in [0, 0.1) is 17.2 Å². The van der Waals surface area contributed by atoms with Crippen LogP contribution >= 0.6 is 22.6 Å². The van der Waals surface area contributed by atoms with Crippen molar-refractivity contribution in [1.82, 2.24) is 10.2 Å². The highest BCUT2D eigenvalue weighted by atomic mass is 127. The lowest BCUT2D eigenvalue weighted by Crippen LogP contribution is -2.43. The van der Waals surface area contributed by atoms with E-state index in [9.17, 15) is 23.2 Å². The summed E-state index contributed by atoms with van der Waals surface area (Å²) in [4.78, 5) is 38.3. The summed E-state index contributed by atoms with van der Waals surface area (Å²) in [5.74, 6) is -2.74. The van der Waals surface area contributed by atoms with Gasteiger partial charge < -0.3 is 20.7 Å². The first-order valence-electron chi connectivity index (χ1n) is 10.9. The molecule has 11 heteroatoms. The number of primary amides is 1. The summed E-state index contributed by atoms with van der Waals surface area (Å²) in [6.07, 6.45) is 3.81. The van der Waals surface area contributed by atoms with Gasteiger partial charge in [-0.25, -0.2) is 0 Å². The average Bonchev–Trinajstić information content (AvgIpc) is 3.38. The Hall–Kier alpha value is -2.15. The van der Waals surface area contributed by atoms with Gasteiger partial charge in [-0.3, -0.25) is 19.8 Å². The van der Waals surface area contributed by atoms with E-state index >= 15 is 0 Å². The number of alkyl halides is 3. The fourth-order valence-electron chi connectivity index (χ4n) is 5.19. The van der Waals surface area contributed by atoms with Crippen LogP contribution in [-0.2, 0) is 20.9 Å². The summed E-state index contributed by atoms with van der Waals surface area (Å²) in [6.45, 7) is 0.935. The number of amidine groups is 1. The molecule has 8 nitrogen and oxygen atoms in total. The minimum absolute atomic E-state index is 0.0123. The Labute approximate surface area is 203 Å². The summed E-state index contributed by atoms with van der Waals surface area (Å²) < 4.78 is 28.5. The lowest BCUT2D eigenvalue weighted by Gasteiger charge is -2.38. The number of carbonyl (C=O) groups excluding carboxylic acids is 3. The molecule has 178 valence electrons. The van der Waals surface area contributed by atoms with Gasteiger partial charge in [0, 0.05) is 52.9 Å². The van der Waals surface area contributed by atoms with Gasteiger partial charge in [0.15, 0.2) is 0 Å². The Morgan fingerprint density at radius 2 is 2.03 bits per heavy atom. The van der Waals surface area contributed by atoms with Crippen LogP contribution in [0.5, 0.6) is 0 Å². The fourth-order valence-corrected chi connectivity index (χ4v) is 5.33. The van der Waals surface area contributed by atoms with Gasteiger partial charge in [-0.15, -0.1) is 0 Å². The van der Waals surface area contributed by atoms with Crippen LogP contribution < -0.4 is 11.1 Å². The van der Waals surface area contributed by atoms with Crippen LogP contribution in [0.2, 0.25) is 0 Å². The van der Waals surface area contributed by atoms with Crippen molar-refractivity contribution in [3.63, 3.8) is 0 Å². The second-order valence-corrected chi connectivity index (χ2v) is 10.2. The van der Waals surface area contributed by atoms with Gasteiger partial charge in [-0.2, -0.15) is 8.78 Å². The van der Waals surface area contributed by atoms with Crippen molar-refractivity contribution >= 4 is 46.1 Å². The number of halogens is 3. The Bertz CT molecular complexity index is 999. The van der Waals surface area contributed by atoms with E-state index in [-0.39, 0.29) is 41.4 Å². The Morgan fingerprint density at radius 3 is 2.73 bits per heavy atom. The molecule has 1 saturated heterocycles. The number of nitrogens with two attached hydrogens (primary N) is 1. The molecule has 2 heterocycles. The number of hydrogen-bond acceptors (Lipinski definition) is 5. The highest BCUT2D eigenvalue weighted by molar-refractivity contribution is 14.1. The number of nitrogens with zero attached hydrogens (tertiary/aromatic N) is 1. The zero-order valence-corrected chi connectivity index (χ0v) is 19.9. The van der Waals surface area contributed by atoms with E-state index in [0.29, 0.717) is 47.7 Å². The predicted octanol–water partition coefficient (Wildman–Crippen LogP) is 2.56. The molecule has 1 saturated carbocycles. The maximum atomic E-state index is 13.2. The van der Waals surface area contributed by atoms with Crippen molar-refractivity contribution in [2.75, 3.05) is 6.61 Å². The molecule has 0 radical (unpaired) electrons. The molecule has 0 spiro atoms. The van der Waals surface area contributed by atoms with Gasteiger partial charge in [0.25, 0.3) is 5.91 Å². The second kappa shape index (κ2) is 9.24. The van der Waals surface area contributed by atoms with Crippen molar-refractivity contribution in [3.8, 4) is 0 Å². The van der Waals surface area contributed by atoms with Crippen molar-refractivity contribution in [3.05, 3.63) is 34.9 Å². The van der Waals surface area contributed by atoms with Gasteiger partial charge in [-0.05, 0) is 43.2 Å². The fraction of sp³-hybridized carbons (Fsp3) is 0.545. The second-order valence-electron chi connectivity index (χ2n) is 8.85. The smallest absolute Gasteiger partial charge is 0.372 e. The maximum Gasteiger partial charge on any atom is 0.372 e. The van der Waals surface area contributed by atoms with E-state index in [1.807, 2.05) is 5.32 Å². The Morgan fingerprint density at radius 1 is 1.27 bits per heavy atom. The van der Waals surface area contributed by atoms with Crippen LogP contribution in [0.3, 0.4) is 0 Å². The molecule has 0 aromatic heterocycles. The summed E-state index contributed by atoms with van der Waals surface area (Å²) >= 11 is 0.698. The van der Waals surface area contributed by atoms with Gasteiger partial charge in [0.1, 0.15) is 5.84 Å². The van der Waals surface area contributed by atoms with Crippen molar-refractivity contribution in [2.24, 2.45) is 17.6 Å². The van der Waals surface area contributed by atoms with E-state index in [2.05, 4.69) is 0 Å². The Balaban J connectivity index is 1.46. The van der Waals surface area contributed by atoms with Crippen molar-refractivity contribution in [1.29, 1.82) is 5.41 Å². The summed E-state index contributed by atoms with van der Waals surface area (Å²) in [6, 6.07) is 4.68. The number of amides is 3. The SMILES string of the molecule is N=C(NC(=O)C(F)(F)I)c1ccc2c(c1)C(=O)N(C1CCCC(C3OCCC3C(N)=O)C1)C2. The number of ether oxygens (including phenoxy) is 1. The van der Waals surface area contributed by atoms with Crippen LogP contribution in [0.4, 0.5) is 8.78 Å². The van der Waals surface area contributed by atoms with Crippen LogP contribution in [0.1, 0.15) is 53.6 Å². The molecule has 3 amide bonds. The molecule has 4 unspecified atom stereocenters. The monoisotopic (exact) mass is 574 g/mol. The third kappa shape index (κ3) is 4.88. The number of carbonyl (C=O) groups is 3. The van der Waals surface area contributed by atoms with E-state index in [4.69, 9.17) is 15.9 Å². The topological polar surface area (TPSA) is 126 Å². The van der Waals surface area contributed by atoms with E-state index in [1.165, 1.54) is 12.1 Å². The van der Waals surface area contributed by atoms with Gasteiger partial charge >= 0.3 is 9.84 Å². The highest BCUT2D eigenvalue weighted by Gasteiger charge is 2.43. The molecule has 2 fully saturated rings. The van der Waals surface area contributed by atoms with Gasteiger partial charge in [0.2, 0.25) is 5.91 Å². The number of rotatable bonds is 5. The van der Waals surface area contributed by atoms with Crippen LogP contribution in [-0.4, -0.2) is 51.1 Å². The normalized spacial score (nSPS) is 27.4. The first kappa shape index (κ1) is 24.0. The highest BCUT2D eigenvalue weighted by Crippen LogP contribution is 2.39. The van der Waals surface area contributed by atoms with Gasteiger partial charge in [0.05, 0.1) is 12.0 Å². The summed E-state index contributed by atoms with van der Waals surface area (Å²) in [5.41, 5.74) is 6.93. The number of hydrogen-bond donors (Lipinski definition) is 3. The average molecular weight is 574 g/mol. The van der Waals surface area contributed by atoms with E-state index < -0.39 is 15.7 Å². The molecular formula is C22H25F2IN4O4. The van der Waals surface area contributed by atoms with Crippen LogP contribution in [0.15, 0.2) is 18.2 Å². The zero-order chi connectivity index (χ0) is 23.9. The Kier molecular flexibility index (Phi) is 6.72. The third-order valence-corrected chi connectivity index (χ3v) is 7.31. The molecular weight excluding hydrogens is 549 g/mol. The van der Waals surface area contributed by atoms with E-state index in [0.717, 1.165) is 31.2 Å². The molecule has 1 aliphatic carbocycles. The van der Waals surface area contributed by atoms with Gasteiger partial charge in [-0.1, -0.05) is 18.6 Å².